The van der Waals surface area contributed by atoms with Crippen molar-refractivity contribution in [3.05, 3.63) is 57.9 Å². The molecule has 3 aromatic rings. The number of nitrogens with zero attached hydrogens (tertiary/aromatic N) is 3. The van der Waals surface area contributed by atoms with Crippen molar-refractivity contribution in [2.45, 2.75) is 45.1 Å². The molecule has 0 bridgehead atoms. The van der Waals surface area contributed by atoms with Crippen LogP contribution in [0.1, 0.15) is 41.3 Å². The number of carbonyl (C=O) groups is 1. The minimum atomic E-state index is -3.56. The van der Waals surface area contributed by atoms with Crippen LogP contribution < -0.4 is 4.80 Å². The lowest BCUT2D eigenvalue weighted by molar-refractivity contribution is 0.0997. The van der Waals surface area contributed by atoms with Gasteiger partial charge in [0.1, 0.15) is 0 Å². The molecule has 9 heteroatoms. The highest BCUT2D eigenvalue weighted by Gasteiger charge is 2.28. The van der Waals surface area contributed by atoms with E-state index in [0.717, 1.165) is 34.2 Å². The van der Waals surface area contributed by atoms with Crippen LogP contribution in [0.15, 0.2) is 46.3 Å². The quantitative estimate of drug-likeness (QED) is 0.509. The van der Waals surface area contributed by atoms with Crippen molar-refractivity contribution in [2.24, 2.45) is 10.9 Å². The number of hydrogen-bond acceptors (Lipinski definition) is 5. The molecule has 1 aliphatic heterocycles. The summed E-state index contributed by atoms with van der Waals surface area (Å²) in [6.07, 6.45) is 1.91. The van der Waals surface area contributed by atoms with E-state index in [-0.39, 0.29) is 4.90 Å². The fourth-order valence-corrected chi connectivity index (χ4v) is 7.33. The van der Waals surface area contributed by atoms with Crippen molar-refractivity contribution in [2.75, 3.05) is 26.8 Å². The number of sulfonamides is 1. The van der Waals surface area contributed by atoms with Gasteiger partial charge >= 0.3 is 0 Å². The lowest BCUT2D eigenvalue weighted by Gasteiger charge is -2.30. The zero-order valence-corrected chi connectivity index (χ0v) is 21.7. The number of carbonyl (C=O) groups excluding carboxylic acids is 1. The molecule has 1 unspecified atom stereocenters. The predicted molar refractivity (Wildman–Crippen MR) is 135 cm³/mol. The molecule has 0 spiro atoms. The van der Waals surface area contributed by atoms with Gasteiger partial charge in [0, 0.05) is 32.3 Å². The number of thiazole rings is 1. The number of piperidine rings is 1. The highest BCUT2D eigenvalue weighted by Crippen LogP contribution is 2.25. The maximum Gasteiger partial charge on any atom is 0.279 e. The van der Waals surface area contributed by atoms with Gasteiger partial charge in [-0.3, -0.25) is 4.79 Å². The molecule has 7 nitrogen and oxygen atoms in total. The number of ether oxygens (including phenoxy) is 1. The molecule has 1 amide bonds. The largest absolute Gasteiger partial charge is 0.383 e. The van der Waals surface area contributed by atoms with Crippen LogP contribution in [0.2, 0.25) is 0 Å². The van der Waals surface area contributed by atoms with Gasteiger partial charge in [-0.05, 0) is 74.1 Å². The molecule has 1 aromatic heterocycles. The summed E-state index contributed by atoms with van der Waals surface area (Å²) in [5, 5.41) is 0. The van der Waals surface area contributed by atoms with Crippen LogP contribution in [0.5, 0.6) is 0 Å². The Kier molecular flexibility index (Phi) is 7.37. The molecule has 2 aromatic carbocycles. The third kappa shape index (κ3) is 5.02. The monoisotopic (exact) mass is 501 g/mol. The second kappa shape index (κ2) is 10.1. The van der Waals surface area contributed by atoms with Crippen LogP contribution in [0.4, 0.5) is 0 Å². The SMILES string of the molecule is COCCn1c(=NC(=O)c2ccc(S(=O)(=O)N3CCCC(C)C3)cc2)sc2cc(C)cc(C)c21. The summed E-state index contributed by atoms with van der Waals surface area (Å²) >= 11 is 1.47. The Labute approximate surface area is 204 Å². The van der Waals surface area contributed by atoms with E-state index in [2.05, 4.69) is 31.0 Å². The fourth-order valence-electron chi connectivity index (χ4n) is 4.50. The minimum absolute atomic E-state index is 0.210. The number of aromatic nitrogens is 1. The van der Waals surface area contributed by atoms with Crippen molar-refractivity contribution < 1.29 is 17.9 Å². The third-order valence-electron chi connectivity index (χ3n) is 6.19. The van der Waals surface area contributed by atoms with E-state index in [1.165, 1.54) is 23.5 Å². The summed E-state index contributed by atoms with van der Waals surface area (Å²) in [4.78, 5) is 18.2. The first kappa shape index (κ1) is 24.8. The van der Waals surface area contributed by atoms with E-state index >= 15 is 0 Å². The van der Waals surface area contributed by atoms with Crippen molar-refractivity contribution in [3.63, 3.8) is 0 Å². The molecule has 0 aliphatic carbocycles. The van der Waals surface area contributed by atoms with Gasteiger partial charge in [-0.15, -0.1) is 0 Å². The molecule has 0 saturated carbocycles. The highest BCUT2D eigenvalue weighted by atomic mass is 32.2. The Balaban J connectivity index is 1.66. The van der Waals surface area contributed by atoms with E-state index < -0.39 is 15.9 Å². The Bertz CT molecular complexity index is 1370. The molecule has 2 heterocycles. The van der Waals surface area contributed by atoms with Gasteiger partial charge in [-0.2, -0.15) is 9.30 Å². The van der Waals surface area contributed by atoms with E-state index in [4.69, 9.17) is 4.74 Å². The zero-order valence-electron chi connectivity index (χ0n) is 20.1. The molecule has 0 N–H and O–H groups in total. The Morgan fingerprint density at radius 3 is 2.62 bits per heavy atom. The van der Waals surface area contributed by atoms with Crippen LogP contribution in [0.25, 0.3) is 10.2 Å². The fraction of sp³-hybridized carbons (Fsp3) is 0.440. The van der Waals surface area contributed by atoms with Crippen molar-refractivity contribution >= 4 is 37.5 Å². The molecule has 1 fully saturated rings. The third-order valence-corrected chi connectivity index (χ3v) is 9.09. The van der Waals surface area contributed by atoms with E-state index in [0.29, 0.717) is 42.5 Å². The average Bonchev–Trinajstić information content (AvgIpc) is 3.14. The van der Waals surface area contributed by atoms with Gasteiger partial charge in [0.2, 0.25) is 10.0 Å². The molecule has 4 rings (SSSR count). The first-order valence-corrected chi connectivity index (χ1v) is 13.7. The van der Waals surface area contributed by atoms with Gasteiger partial charge in [-0.1, -0.05) is 24.3 Å². The van der Waals surface area contributed by atoms with E-state index in [1.54, 1.807) is 23.5 Å². The Morgan fingerprint density at radius 1 is 1.21 bits per heavy atom. The van der Waals surface area contributed by atoms with Gasteiger partial charge in [-0.25, -0.2) is 8.42 Å². The molecular formula is C25H31N3O4S2. The number of methoxy groups -OCH3 is 1. The van der Waals surface area contributed by atoms with Gasteiger partial charge in [0.15, 0.2) is 4.80 Å². The molecule has 0 radical (unpaired) electrons. The molecule has 1 aliphatic rings. The number of aryl methyl sites for hydroxylation is 2. The molecular weight excluding hydrogens is 470 g/mol. The molecule has 34 heavy (non-hydrogen) atoms. The van der Waals surface area contributed by atoms with Crippen LogP contribution in [-0.2, 0) is 21.3 Å². The average molecular weight is 502 g/mol. The van der Waals surface area contributed by atoms with Crippen molar-refractivity contribution in [3.8, 4) is 0 Å². The summed E-state index contributed by atoms with van der Waals surface area (Å²) < 4.78 is 35.9. The standard InChI is InChI=1S/C25H31N3O4S2/c1-17-6-5-11-27(16-17)34(30,31)21-9-7-20(8-10-21)24(29)26-25-28(12-13-32-4)23-19(3)14-18(2)15-22(23)33-25/h7-10,14-15,17H,5-6,11-13,16H2,1-4H3. The maximum absolute atomic E-state index is 13.0. The first-order valence-electron chi connectivity index (χ1n) is 11.5. The van der Waals surface area contributed by atoms with Gasteiger partial charge < -0.3 is 9.30 Å². The van der Waals surface area contributed by atoms with Crippen molar-refractivity contribution in [1.82, 2.24) is 8.87 Å². The summed E-state index contributed by atoms with van der Waals surface area (Å²) in [6, 6.07) is 10.3. The minimum Gasteiger partial charge on any atom is -0.383 e. The van der Waals surface area contributed by atoms with Gasteiger partial charge in [0.25, 0.3) is 5.91 Å². The van der Waals surface area contributed by atoms with Gasteiger partial charge in [0.05, 0.1) is 21.7 Å². The normalized spacial score (nSPS) is 18.0. The number of amides is 1. The van der Waals surface area contributed by atoms with Crippen LogP contribution in [0, 0.1) is 19.8 Å². The lowest BCUT2D eigenvalue weighted by atomic mass is 10.0. The summed E-state index contributed by atoms with van der Waals surface area (Å²) in [6.45, 7) is 8.33. The second-order valence-electron chi connectivity index (χ2n) is 9.01. The molecule has 1 atom stereocenters. The second-order valence-corrected chi connectivity index (χ2v) is 12.0. The van der Waals surface area contributed by atoms with E-state index in [1.807, 2.05) is 11.5 Å². The number of fused-ring (bicyclic) bond motifs is 1. The lowest BCUT2D eigenvalue weighted by Crippen LogP contribution is -2.39. The zero-order chi connectivity index (χ0) is 24.5. The Hall–Kier alpha value is -2.33. The Morgan fingerprint density at radius 2 is 1.94 bits per heavy atom. The van der Waals surface area contributed by atoms with Crippen LogP contribution in [0.3, 0.4) is 0 Å². The van der Waals surface area contributed by atoms with Crippen LogP contribution in [-0.4, -0.2) is 50.0 Å². The molecule has 182 valence electrons. The van der Waals surface area contributed by atoms with Crippen LogP contribution >= 0.6 is 11.3 Å². The van der Waals surface area contributed by atoms with E-state index in [9.17, 15) is 13.2 Å². The first-order chi connectivity index (χ1) is 16.2. The number of hydrogen-bond donors (Lipinski definition) is 0. The van der Waals surface area contributed by atoms with Crippen molar-refractivity contribution in [1.29, 1.82) is 0 Å². The topological polar surface area (TPSA) is 81.0 Å². The summed E-state index contributed by atoms with van der Waals surface area (Å²) in [5.41, 5.74) is 3.69. The summed E-state index contributed by atoms with van der Waals surface area (Å²) in [5.74, 6) is -0.0515. The predicted octanol–water partition coefficient (Wildman–Crippen LogP) is 4.13. The number of benzene rings is 2. The number of rotatable bonds is 6. The summed E-state index contributed by atoms with van der Waals surface area (Å²) in [7, 11) is -1.92. The maximum atomic E-state index is 13.0. The highest BCUT2D eigenvalue weighted by molar-refractivity contribution is 7.89. The molecule has 1 saturated heterocycles. The smallest absolute Gasteiger partial charge is 0.279 e.